The number of nitrogens with one attached hydrogen (secondary N) is 2. The lowest BCUT2D eigenvalue weighted by molar-refractivity contribution is 0.226. The van der Waals surface area contributed by atoms with Gasteiger partial charge in [-0.3, -0.25) is 0 Å². The number of fused-ring (bicyclic) bond motifs is 1. The van der Waals surface area contributed by atoms with E-state index in [2.05, 4.69) is 10.0 Å². The standard InChI is InChI=1S/C14H20N2O3S/c1-10-9-15-13-8-12(6-7-14(13)19-10)20(17,18)16-11-4-2-3-5-11/h6-8,10-11,15-16H,2-5,9H2,1H3. The van der Waals surface area contributed by atoms with Gasteiger partial charge in [0.25, 0.3) is 0 Å². The first-order valence-electron chi connectivity index (χ1n) is 7.11. The van der Waals surface area contributed by atoms with Crippen LogP contribution in [0.15, 0.2) is 23.1 Å². The molecule has 110 valence electrons. The van der Waals surface area contributed by atoms with Gasteiger partial charge >= 0.3 is 0 Å². The van der Waals surface area contributed by atoms with Crippen molar-refractivity contribution in [2.24, 2.45) is 0 Å². The molecule has 0 bridgehead atoms. The zero-order valence-electron chi connectivity index (χ0n) is 11.6. The summed E-state index contributed by atoms with van der Waals surface area (Å²) in [5.41, 5.74) is 0.748. The fourth-order valence-electron chi connectivity index (χ4n) is 2.76. The van der Waals surface area contributed by atoms with Gasteiger partial charge in [-0.25, -0.2) is 13.1 Å². The molecule has 0 aromatic heterocycles. The molecule has 1 aromatic carbocycles. The van der Waals surface area contributed by atoms with Crippen molar-refractivity contribution in [2.75, 3.05) is 11.9 Å². The molecular weight excluding hydrogens is 276 g/mol. The number of anilines is 1. The summed E-state index contributed by atoms with van der Waals surface area (Å²) in [6.07, 6.45) is 4.17. The van der Waals surface area contributed by atoms with Crippen molar-refractivity contribution in [1.82, 2.24) is 4.72 Å². The molecule has 0 radical (unpaired) electrons. The van der Waals surface area contributed by atoms with Gasteiger partial charge in [-0.15, -0.1) is 0 Å². The number of rotatable bonds is 3. The number of sulfonamides is 1. The van der Waals surface area contributed by atoms with E-state index in [1.807, 2.05) is 6.92 Å². The average Bonchev–Trinajstić information content (AvgIpc) is 2.90. The third-order valence-corrected chi connectivity index (χ3v) is 5.36. The van der Waals surface area contributed by atoms with Gasteiger partial charge in [-0.05, 0) is 38.0 Å². The highest BCUT2D eigenvalue weighted by Crippen LogP contribution is 2.31. The first kappa shape index (κ1) is 13.7. The third-order valence-electron chi connectivity index (χ3n) is 3.85. The van der Waals surface area contributed by atoms with Crippen LogP contribution >= 0.6 is 0 Å². The van der Waals surface area contributed by atoms with Crippen LogP contribution in [-0.2, 0) is 10.0 Å². The fourth-order valence-corrected chi connectivity index (χ4v) is 4.09. The van der Waals surface area contributed by atoms with Gasteiger partial charge in [-0.1, -0.05) is 12.8 Å². The van der Waals surface area contributed by atoms with Gasteiger partial charge in [0.05, 0.1) is 17.1 Å². The Morgan fingerprint density at radius 2 is 2.05 bits per heavy atom. The minimum absolute atomic E-state index is 0.0836. The summed E-state index contributed by atoms with van der Waals surface area (Å²) < 4.78 is 33.2. The number of benzene rings is 1. The molecule has 2 N–H and O–H groups in total. The van der Waals surface area contributed by atoms with Gasteiger partial charge in [-0.2, -0.15) is 0 Å². The Kier molecular flexibility index (Phi) is 3.60. The van der Waals surface area contributed by atoms with Crippen LogP contribution in [0.2, 0.25) is 0 Å². The van der Waals surface area contributed by atoms with Gasteiger partial charge in [0.2, 0.25) is 10.0 Å². The molecule has 6 heteroatoms. The molecule has 5 nitrogen and oxygen atoms in total. The Hall–Kier alpha value is -1.27. The number of hydrogen-bond acceptors (Lipinski definition) is 4. The summed E-state index contributed by atoms with van der Waals surface area (Å²) in [5, 5.41) is 3.20. The van der Waals surface area contributed by atoms with E-state index >= 15 is 0 Å². The van der Waals surface area contributed by atoms with Gasteiger partial charge < -0.3 is 10.1 Å². The van der Waals surface area contributed by atoms with Crippen LogP contribution in [0.3, 0.4) is 0 Å². The summed E-state index contributed by atoms with van der Waals surface area (Å²) >= 11 is 0. The molecule has 20 heavy (non-hydrogen) atoms. The highest BCUT2D eigenvalue weighted by Gasteiger charge is 2.24. The minimum Gasteiger partial charge on any atom is -0.487 e. The minimum atomic E-state index is -3.44. The maximum Gasteiger partial charge on any atom is 0.240 e. The molecule has 0 amide bonds. The SMILES string of the molecule is CC1CNc2cc(S(=O)(=O)NC3CCCC3)ccc2O1. The predicted octanol–water partition coefficient (Wildman–Crippen LogP) is 2.10. The van der Waals surface area contributed by atoms with Gasteiger partial charge in [0.1, 0.15) is 11.9 Å². The average molecular weight is 296 g/mol. The van der Waals surface area contributed by atoms with E-state index in [1.165, 1.54) is 0 Å². The Bertz CT molecular complexity index is 594. The van der Waals surface area contributed by atoms with Crippen LogP contribution in [0.5, 0.6) is 5.75 Å². The molecular formula is C14H20N2O3S. The van der Waals surface area contributed by atoms with Crippen LogP contribution in [0.1, 0.15) is 32.6 Å². The van der Waals surface area contributed by atoms with Crippen molar-refractivity contribution < 1.29 is 13.2 Å². The lowest BCUT2D eigenvalue weighted by Gasteiger charge is -2.25. The van der Waals surface area contributed by atoms with E-state index in [4.69, 9.17) is 4.74 Å². The third kappa shape index (κ3) is 2.76. The van der Waals surface area contributed by atoms with Crippen LogP contribution < -0.4 is 14.8 Å². The molecule has 0 saturated heterocycles. The number of ether oxygens (including phenoxy) is 1. The Morgan fingerprint density at radius 1 is 1.30 bits per heavy atom. The summed E-state index contributed by atoms with van der Waals surface area (Å²) in [6, 6.07) is 5.07. The van der Waals surface area contributed by atoms with Crippen molar-refractivity contribution >= 4 is 15.7 Å². The van der Waals surface area contributed by atoms with E-state index in [9.17, 15) is 8.42 Å². The number of hydrogen-bond donors (Lipinski definition) is 2. The summed E-state index contributed by atoms with van der Waals surface area (Å²) in [6.45, 7) is 2.66. The quantitative estimate of drug-likeness (QED) is 0.896. The Labute approximate surface area is 119 Å². The van der Waals surface area contributed by atoms with Crippen molar-refractivity contribution in [3.63, 3.8) is 0 Å². The van der Waals surface area contributed by atoms with Crippen molar-refractivity contribution in [3.05, 3.63) is 18.2 Å². The molecule has 1 aliphatic carbocycles. The largest absolute Gasteiger partial charge is 0.487 e. The molecule has 0 spiro atoms. The molecule has 2 aliphatic rings. The predicted molar refractivity (Wildman–Crippen MR) is 77.6 cm³/mol. The lowest BCUT2D eigenvalue weighted by atomic mass is 10.2. The topological polar surface area (TPSA) is 67.4 Å². The molecule has 1 unspecified atom stereocenters. The summed E-state index contributed by atoms with van der Waals surface area (Å²) in [5.74, 6) is 0.712. The second-order valence-electron chi connectivity index (χ2n) is 5.57. The zero-order valence-corrected chi connectivity index (χ0v) is 12.4. The van der Waals surface area contributed by atoms with Crippen LogP contribution in [0.4, 0.5) is 5.69 Å². The maximum absolute atomic E-state index is 12.4. The van der Waals surface area contributed by atoms with Crippen molar-refractivity contribution in [2.45, 2.75) is 49.6 Å². The zero-order chi connectivity index (χ0) is 14.2. The van der Waals surface area contributed by atoms with E-state index in [-0.39, 0.29) is 12.1 Å². The van der Waals surface area contributed by atoms with Crippen LogP contribution in [0.25, 0.3) is 0 Å². The Balaban J connectivity index is 1.82. The second-order valence-corrected chi connectivity index (χ2v) is 7.28. The van der Waals surface area contributed by atoms with Crippen molar-refractivity contribution in [1.29, 1.82) is 0 Å². The molecule has 1 atom stereocenters. The Morgan fingerprint density at radius 3 is 2.80 bits per heavy atom. The van der Waals surface area contributed by atoms with Crippen LogP contribution in [-0.4, -0.2) is 27.1 Å². The molecule has 1 heterocycles. The van der Waals surface area contributed by atoms with E-state index < -0.39 is 10.0 Å². The van der Waals surface area contributed by atoms with E-state index in [0.717, 1.165) is 31.4 Å². The van der Waals surface area contributed by atoms with Crippen molar-refractivity contribution in [3.8, 4) is 5.75 Å². The highest BCUT2D eigenvalue weighted by atomic mass is 32.2. The van der Waals surface area contributed by atoms with Crippen LogP contribution in [0, 0.1) is 0 Å². The summed E-state index contributed by atoms with van der Waals surface area (Å²) in [4.78, 5) is 0.300. The van der Waals surface area contributed by atoms with Gasteiger partial charge in [0, 0.05) is 6.04 Å². The first-order chi connectivity index (χ1) is 9.54. The first-order valence-corrected chi connectivity index (χ1v) is 8.60. The fraction of sp³-hybridized carbons (Fsp3) is 0.571. The maximum atomic E-state index is 12.4. The summed E-state index contributed by atoms with van der Waals surface area (Å²) in [7, 11) is -3.44. The van der Waals surface area contributed by atoms with Gasteiger partial charge in [0.15, 0.2) is 0 Å². The van der Waals surface area contributed by atoms with E-state index in [0.29, 0.717) is 17.2 Å². The smallest absolute Gasteiger partial charge is 0.240 e. The lowest BCUT2D eigenvalue weighted by Crippen LogP contribution is -2.33. The monoisotopic (exact) mass is 296 g/mol. The molecule has 1 fully saturated rings. The highest BCUT2D eigenvalue weighted by molar-refractivity contribution is 7.89. The second kappa shape index (κ2) is 5.26. The normalized spacial score (nSPS) is 22.9. The molecule has 3 rings (SSSR count). The van der Waals surface area contributed by atoms with E-state index in [1.54, 1.807) is 18.2 Å². The molecule has 1 aromatic rings. The molecule has 1 saturated carbocycles. The molecule has 1 aliphatic heterocycles.